The second-order valence-corrected chi connectivity index (χ2v) is 7.10. The minimum absolute atomic E-state index is 0.288. The number of likely N-dealkylation sites (N-methyl/N-ethyl adjacent to an activating group) is 1. The smallest absolute Gasteiger partial charge is 0.231 e. The number of hydrogen-bond donors (Lipinski definition) is 0. The highest BCUT2D eigenvalue weighted by molar-refractivity contribution is 5.85. The predicted molar refractivity (Wildman–Crippen MR) is 98.5 cm³/mol. The first kappa shape index (κ1) is 15.8. The molecular weight excluding hydrogens is 330 g/mol. The van der Waals surface area contributed by atoms with Crippen LogP contribution >= 0.6 is 0 Å². The lowest BCUT2D eigenvalue weighted by atomic mass is 9.76. The summed E-state index contributed by atoms with van der Waals surface area (Å²) in [6, 6.07) is 6.77. The lowest BCUT2D eigenvalue weighted by molar-refractivity contribution is 0.174. The van der Waals surface area contributed by atoms with E-state index in [9.17, 15) is 0 Å². The Bertz CT molecular complexity index is 892. The Hall–Kier alpha value is -2.40. The first-order valence-corrected chi connectivity index (χ1v) is 9.21. The highest BCUT2D eigenvalue weighted by Gasteiger charge is 2.37. The fourth-order valence-electron chi connectivity index (χ4n) is 4.53. The van der Waals surface area contributed by atoms with Crippen LogP contribution < -0.4 is 18.9 Å². The Morgan fingerprint density at radius 3 is 2.73 bits per heavy atom. The van der Waals surface area contributed by atoms with Gasteiger partial charge in [-0.25, -0.2) is 0 Å². The molecule has 0 fully saturated rings. The van der Waals surface area contributed by atoms with Crippen LogP contribution in [-0.4, -0.2) is 39.0 Å². The molecule has 26 heavy (non-hydrogen) atoms. The van der Waals surface area contributed by atoms with Crippen molar-refractivity contribution in [3.05, 3.63) is 34.9 Å². The fourth-order valence-corrected chi connectivity index (χ4v) is 4.53. The number of methoxy groups -OCH3 is 1. The molecule has 0 spiro atoms. The quantitative estimate of drug-likeness (QED) is 0.844. The van der Waals surface area contributed by atoms with Crippen molar-refractivity contribution in [3.8, 4) is 34.1 Å². The van der Waals surface area contributed by atoms with Crippen LogP contribution in [0.15, 0.2) is 18.2 Å². The zero-order valence-electron chi connectivity index (χ0n) is 15.4. The Labute approximate surface area is 153 Å². The van der Waals surface area contributed by atoms with E-state index in [-0.39, 0.29) is 6.79 Å². The molecule has 2 aromatic rings. The third-order valence-corrected chi connectivity index (χ3v) is 5.76. The summed E-state index contributed by atoms with van der Waals surface area (Å²) < 4.78 is 23.1. The van der Waals surface area contributed by atoms with Crippen molar-refractivity contribution >= 4 is 0 Å². The molecule has 1 aliphatic carbocycles. The summed E-state index contributed by atoms with van der Waals surface area (Å²) in [5.74, 6) is 3.31. The minimum atomic E-state index is 0.288. The largest absolute Gasteiger partial charge is 0.493 e. The van der Waals surface area contributed by atoms with E-state index in [2.05, 4.69) is 30.1 Å². The van der Waals surface area contributed by atoms with Gasteiger partial charge in [0.15, 0.2) is 23.0 Å². The fraction of sp³-hybridized carbons (Fsp3) is 0.429. The summed E-state index contributed by atoms with van der Waals surface area (Å²) in [7, 11) is 3.92. The maximum absolute atomic E-state index is 6.09. The van der Waals surface area contributed by atoms with Crippen molar-refractivity contribution in [1.29, 1.82) is 0 Å². The summed E-state index contributed by atoms with van der Waals surface area (Å²) in [5.41, 5.74) is 6.37. The van der Waals surface area contributed by atoms with E-state index in [0.29, 0.717) is 12.6 Å². The van der Waals surface area contributed by atoms with E-state index in [1.54, 1.807) is 7.11 Å². The van der Waals surface area contributed by atoms with E-state index in [4.69, 9.17) is 18.9 Å². The van der Waals surface area contributed by atoms with Crippen molar-refractivity contribution in [1.82, 2.24) is 4.90 Å². The highest BCUT2D eigenvalue weighted by atomic mass is 16.7. The van der Waals surface area contributed by atoms with Crippen LogP contribution in [0, 0.1) is 0 Å². The number of rotatable bonds is 3. The number of hydrogen-bond acceptors (Lipinski definition) is 5. The molecular formula is C21H23NO4. The van der Waals surface area contributed by atoms with Crippen molar-refractivity contribution in [2.75, 3.05) is 34.1 Å². The number of nitrogens with zero attached hydrogens (tertiary/aromatic N) is 1. The molecule has 0 saturated carbocycles. The number of fused-ring (bicyclic) bond motifs is 3. The van der Waals surface area contributed by atoms with E-state index in [1.165, 1.54) is 22.3 Å². The van der Waals surface area contributed by atoms with Gasteiger partial charge in [-0.3, -0.25) is 4.90 Å². The van der Waals surface area contributed by atoms with E-state index < -0.39 is 0 Å². The third kappa shape index (κ3) is 2.13. The van der Waals surface area contributed by atoms with Gasteiger partial charge in [-0.05, 0) is 67.3 Å². The van der Waals surface area contributed by atoms with Crippen LogP contribution in [0.2, 0.25) is 0 Å². The third-order valence-electron chi connectivity index (χ3n) is 5.76. The average Bonchev–Trinajstić information content (AvgIpc) is 3.11. The maximum Gasteiger partial charge on any atom is 0.231 e. The molecule has 2 heterocycles. The van der Waals surface area contributed by atoms with E-state index in [1.807, 2.05) is 6.92 Å². The SMILES string of the molecule is CCOc1c(OC)cc2c3c1-c1cc4c(cc1CC3N(C)CC2)OCO4. The van der Waals surface area contributed by atoms with E-state index >= 15 is 0 Å². The topological polar surface area (TPSA) is 40.2 Å². The van der Waals surface area contributed by atoms with Gasteiger partial charge in [0.05, 0.1) is 13.7 Å². The van der Waals surface area contributed by atoms with Gasteiger partial charge in [0.1, 0.15) is 0 Å². The van der Waals surface area contributed by atoms with Crippen LogP contribution in [0.5, 0.6) is 23.0 Å². The van der Waals surface area contributed by atoms with Crippen LogP contribution in [0.4, 0.5) is 0 Å². The summed E-state index contributed by atoms with van der Waals surface area (Å²) >= 11 is 0. The average molecular weight is 353 g/mol. The molecule has 2 aromatic carbocycles. The molecule has 3 aliphatic rings. The van der Waals surface area contributed by atoms with Gasteiger partial charge < -0.3 is 18.9 Å². The monoisotopic (exact) mass is 353 g/mol. The van der Waals surface area contributed by atoms with Gasteiger partial charge in [-0.15, -0.1) is 0 Å². The summed E-state index contributed by atoms with van der Waals surface area (Å²) in [6.07, 6.45) is 2.00. The normalized spacial score (nSPS) is 19.7. The summed E-state index contributed by atoms with van der Waals surface area (Å²) in [6.45, 7) is 3.95. The lowest BCUT2D eigenvalue weighted by Crippen LogP contribution is -2.35. The second-order valence-electron chi connectivity index (χ2n) is 7.10. The maximum atomic E-state index is 6.09. The molecule has 1 unspecified atom stereocenters. The molecule has 2 aliphatic heterocycles. The van der Waals surface area contributed by atoms with Crippen molar-refractivity contribution in [3.63, 3.8) is 0 Å². The van der Waals surface area contributed by atoms with Crippen LogP contribution in [-0.2, 0) is 12.8 Å². The molecule has 0 N–H and O–H groups in total. The van der Waals surface area contributed by atoms with Crippen LogP contribution in [0.1, 0.15) is 29.7 Å². The predicted octanol–water partition coefficient (Wildman–Crippen LogP) is 3.57. The summed E-state index contributed by atoms with van der Waals surface area (Å²) in [5, 5.41) is 0. The van der Waals surface area contributed by atoms with Gasteiger partial charge in [0.2, 0.25) is 6.79 Å². The van der Waals surface area contributed by atoms with Crippen molar-refractivity contribution in [2.24, 2.45) is 0 Å². The Kier molecular flexibility index (Phi) is 3.54. The molecule has 0 amide bonds. The Morgan fingerprint density at radius 1 is 1.15 bits per heavy atom. The van der Waals surface area contributed by atoms with Crippen LogP contribution in [0.3, 0.4) is 0 Å². The second kappa shape index (κ2) is 5.81. The first-order chi connectivity index (χ1) is 12.7. The zero-order valence-corrected chi connectivity index (χ0v) is 15.4. The molecule has 0 radical (unpaired) electrons. The summed E-state index contributed by atoms with van der Waals surface area (Å²) in [4.78, 5) is 2.45. The Morgan fingerprint density at radius 2 is 1.96 bits per heavy atom. The molecule has 0 bridgehead atoms. The van der Waals surface area contributed by atoms with Gasteiger partial charge in [-0.1, -0.05) is 0 Å². The molecule has 136 valence electrons. The first-order valence-electron chi connectivity index (χ1n) is 9.21. The van der Waals surface area contributed by atoms with Crippen LogP contribution in [0.25, 0.3) is 11.1 Å². The molecule has 0 aromatic heterocycles. The van der Waals surface area contributed by atoms with Gasteiger partial charge >= 0.3 is 0 Å². The van der Waals surface area contributed by atoms with Gasteiger partial charge in [-0.2, -0.15) is 0 Å². The highest BCUT2D eigenvalue weighted by Crippen LogP contribution is 2.54. The molecule has 5 rings (SSSR count). The molecule has 5 heteroatoms. The molecule has 0 saturated heterocycles. The minimum Gasteiger partial charge on any atom is -0.493 e. The van der Waals surface area contributed by atoms with Gasteiger partial charge in [0, 0.05) is 18.2 Å². The van der Waals surface area contributed by atoms with Gasteiger partial charge in [0.25, 0.3) is 0 Å². The number of benzene rings is 2. The van der Waals surface area contributed by atoms with Crippen molar-refractivity contribution < 1.29 is 18.9 Å². The molecule has 1 atom stereocenters. The standard InChI is InChI=1S/C21H23NO4/c1-4-24-21-18(23-3)8-12-5-6-22(2)15-7-13-9-16-17(26-11-25-16)10-14(13)20(21)19(12)15/h8-10,15H,4-7,11H2,1-3H3. The Balaban J connectivity index is 1.83. The lowest BCUT2D eigenvalue weighted by Gasteiger charge is -2.40. The van der Waals surface area contributed by atoms with E-state index in [0.717, 1.165) is 47.9 Å². The number of ether oxygens (including phenoxy) is 4. The van der Waals surface area contributed by atoms with Crippen molar-refractivity contribution in [2.45, 2.75) is 25.8 Å². The molecule has 5 nitrogen and oxygen atoms in total. The zero-order chi connectivity index (χ0) is 17.8.